The zero-order valence-electron chi connectivity index (χ0n) is 11.9. The molecule has 1 N–H and O–H groups in total. The molecule has 0 fully saturated rings. The van der Waals surface area contributed by atoms with Crippen molar-refractivity contribution in [3.63, 3.8) is 0 Å². The molecule has 0 aliphatic heterocycles. The molecule has 0 amide bonds. The number of halogens is 1. The van der Waals surface area contributed by atoms with E-state index in [1.165, 1.54) is 0 Å². The second-order valence-corrected chi connectivity index (χ2v) is 5.69. The molecule has 0 bridgehead atoms. The number of aromatic nitrogens is 2. The van der Waals surface area contributed by atoms with E-state index in [0.717, 1.165) is 35.8 Å². The van der Waals surface area contributed by atoms with Gasteiger partial charge in [0.1, 0.15) is 0 Å². The normalized spacial score (nSPS) is 12.6. The quantitative estimate of drug-likeness (QED) is 0.834. The minimum atomic E-state index is 0.404. The van der Waals surface area contributed by atoms with E-state index in [-0.39, 0.29) is 0 Å². The van der Waals surface area contributed by atoms with Crippen LogP contribution in [0.25, 0.3) is 11.4 Å². The van der Waals surface area contributed by atoms with E-state index in [4.69, 9.17) is 4.52 Å². The summed E-state index contributed by atoms with van der Waals surface area (Å²) in [6.45, 7) is 5.26. The van der Waals surface area contributed by atoms with Crippen LogP contribution in [-0.2, 0) is 6.42 Å². The lowest BCUT2D eigenvalue weighted by atomic mass is 10.1. The van der Waals surface area contributed by atoms with Crippen LogP contribution in [0.15, 0.2) is 33.3 Å². The van der Waals surface area contributed by atoms with Crippen molar-refractivity contribution in [2.45, 2.75) is 39.2 Å². The Labute approximate surface area is 128 Å². The summed E-state index contributed by atoms with van der Waals surface area (Å²) in [5, 5.41) is 7.52. The predicted molar refractivity (Wildman–Crippen MR) is 83.5 cm³/mol. The molecule has 4 nitrogen and oxygen atoms in total. The average Bonchev–Trinajstić information content (AvgIpc) is 2.88. The lowest BCUT2D eigenvalue weighted by Gasteiger charge is -2.14. The van der Waals surface area contributed by atoms with Crippen LogP contribution in [0.4, 0.5) is 0 Å². The fourth-order valence-electron chi connectivity index (χ4n) is 2.21. The van der Waals surface area contributed by atoms with E-state index >= 15 is 0 Å². The highest BCUT2D eigenvalue weighted by Gasteiger charge is 2.14. The van der Waals surface area contributed by atoms with Gasteiger partial charge in [-0.25, -0.2) is 0 Å². The van der Waals surface area contributed by atoms with Gasteiger partial charge in [-0.2, -0.15) is 4.98 Å². The molecule has 0 aliphatic rings. The molecular formula is C15H20BrN3O. The summed E-state index contributed by atoms with van der Waals surface area (Å²) in [7, 11) is 0. The van der Waals surface area contributed by atoms with Gasteiger partial charge in [0.2, 0.25) is 11.7 Å². The largest absolute Gasteiger partial charge is 0.339 e. The molecule has 1 unspecified atom stereocenters. The van der Waals surface area contributed by atoms with Gasteiger partial charge in [-0.05, 0) is 25.1 Å². The van der Waals surface area contributed by atoms with E-state index < -0.39 is 0 Å². The number of rotatable bonds is 7. The molecule has 0 radical (unpaired) electrons. The second kappa shape index (κ2) is 7.55. The summed E-state index contributed by atoms with van der Waals surface area (Å²) >= 11 is 3.45. The van der Waals surface area contributed by atoms with E-state index in [0.29, 0.717) is 17.8 Å². The Balaban J connectivity index is 2.08. The summed E-state index contributed by atoms with van der Waals surface area (Å²) in [5.74, 6) is 1.34. The Hall–Kier alpha value is -1.20. The van der Waals surface area contributed by atoms with Crippen LogP contribution in [0, 0.1) is 0 Å². The van der Waals surface area contributed by atoms with Crippen molar-refractivity contribution in [3.05, 3.63) is 34.6 Å². The molecule has 5 heteroatoms. The lowest BCUT2D eigenvalue weighted by molar-refractivity contribution is 0.352. The predicted octanol–water partition coefficient (Wildman–Crippen LogP) is 3.82. The summed E-state index contributed by atoms with van der Waals surface area (Å²) in [6, 6.07) is 8.32. The van der Waals surface area contributed by atoms with Gasteiger partial charge in [0.15, 0.2) is 0 Å². The Bertz CT molecular complexity index is 535. The van der Waals surface area contributed by atoms with Crippen molar-refractivity contribution < 1.29 is 4.52 Å². The van der Waals surface area contributed by atoms with E-state index in [9.17, 15) is 0 Å². The number of nitrogens with one attached hydrogen (secondary N) is 1. The van der Waals surface area contributed by atoms with Gasteiger partial charge in [-0.15, -0.1) is 0 Å². The highest BCUT2D eigenvalue weighted by Crippen LogP contribution is 2.20. The number of benzene rings is 1. The van der Waals surface area contributed by atoms with Crippen molar-refractivity contribution in [2.75, 3.05) is 6.54 Å². The molecule has 0 saturated heterocycles. The topological polar surface area (TPSA) is 51.0 Å². The van der Waals surface area contributed by atoms with Crippen molar-refractivity contribution in [3.8, 4) is 11.4 Å². The third kappa shape index (κ3) is 4.15. The lowest BCUT2D eigenvalue weighted by Crippen LogP contribution is -2.30. The molecule has 1 aromatic carbocycles. The summed E-state index contributed by atoms with van der Waals surface area (Å²) in [4.78, 5) is 4.49. The molecular weight excluding hydrogens is 318 g/mol. The molecule has 2 aromatic rings. The van der Waals surface area contributed by atoms with Gasteiger partial charge in [0, 0.05) is 22.5 Å². The number of nitrogens with zero attached hydrogens (tertiary/aromatic N) is 2. The molecule has 1 atom stereocenters. The van der Waals surface area contributed by atoms with E-state index in [1.54, 1.807) is 0 Å². The maximum Gasteiger partial charge on any atom is 0.228 e. The number of hydrogen-bond acceptors (Lipinski definition) is 4. The fraction of sp³-hybridized carbons (Fsp3) is 0.467. The van der Waals surface area contributed by atoms with Gasteiger partial charge < -0.3 is 9.84 Å². The second-order valence-electron chi connectivity index (χ2n) is 4.77. The molecule has 108 valence electrons. The van der Waals surface area contributed by atoms with Gasteiger partial charge in [-0.3, -0.25) is 0 Å². The third-order valence-corrected chi connectivity index (χ3v) is 3.60. The molecule has 0 saturated carbocycles. The fourth-order valence-corrected chi connectivity index (χ4v) is 2.61. The molecule has 2 rings (SSSR count). The Morgan fingerprint density at radius 1 is 1.35 bits per heavy atom. The highest BCUT2D eigenvalue weighted by atomic mass is 79.9. The van der Waals surface area contributed by atoms with Gasteiger partial charge in [0.25, 0.3) is 0 Å². The summed E-state index contributed by atoms with van der Waals surface area (Å²) in [5.41, 5.74) is 0.963. The smallest absolute Gasteiger partial charge is 0.228 e. The van der Waals surface area contributed by atoms with Crippen LogP contribution in [0.3, 0.4) is 0 Å². The zero-order valence-corrected chi connectivity index (χ0v) is 13.5. The molecule has 0 spiro atoms. The van der Waals surface area contributed by atoms with Crippen molar-refractivity contribution in [1.29, 1.82) is 0 Å². The Kier molecular flexibility index (Phi) is 5.73. The molecule has 1 heterocycles. The number of hydrogen-bond donors (Lipinski definition) is 1. The first-order valence-corrected chi connectivity index (χ1v) is 7.84. The maximum absolute atomic E-state index is 5.37. The van der Waals surface area contributed by atoms with Crippen LogP contribution < -0.4 is 5.32 Å². The van der Waals surface area contributed by atoms with Crippen LogP contribution in [0.1, 0.15) is 32.6 Å². The van der Waals surface area contributed by atoms with Gasteiger partial charge in [0.05, 0.1) is 0 Å². The zero-order chi connectivity index (χ0) is 14.4. The van der Waals surface area contributed by atoms with Crippen LogP contribution in [0.2, 0.25) is 0 Å². The first-order valence-electron chi connectivity index (χ1n) is 7.04. The van der Waals surface area contributed by atoms with Crippen LogP contribution in [-0.4, -0.2) is 22.7 Å². The monoisotopic (exact) mass is 337 g/mol. The van der Waals surface area contributed by atoms with Gasteiger partial charge >= 0.3 is 0 Å². The Morgan fingerprint density at radius 3 is 2.90 bits per heavy atom. The minimum absolute atomic E-state index is 0.404. The van der Waals surface area contributed by atoms with Crippen LogP contribution in [0.5, 0.6) is 0 Å². The Morgan fingerprint density at radius 2 is 2.20 bits per heavy atom. The van der Waals surface area contributed by atoms with Crippen molar-refractivity contribution in [1.82, 2.24) is 15.5 Å². The van der Waals surface area contributed by atoms with E-state index in [1.807, 2.05) is 24.3 Å². The van der Waals surface area contributed by atoms with Crippen molar-refractivity contribution in [2.24, 2.45) is 0 Å². The first-order chi connectivity index (χ1) is 9.72. The number of likely N-dealkylation sites (N-methyl/N-ethyl adjacent to an activating group) is 1. The highest BCUT2D eigenvalue weighted by molar-refractivity contribution is 9.10. The molecule has 0 aliphatic carbocycles. The minimum Gasteiger partial charge on any atom is -0.339 e. The average molecular weight is 338 g/mol. The molecule has 1 aromatic heterocycles. The maximum atomic E-state index is 5.37. The van der Waals surface area contributed by atoms with Gasteiger partial charge in [-0.1, -0.05) is 53.5 Å². The summed E-state index contributed by atoms with van der Waals surface area (Å²) < 4.78 is 6.38. The van der Waals surface area contributed by atoms with Crippen molar-refractivity contribution >= 4 is 15.9 Å². The third-order valence-electron chi connectivity index (χ3n) is 3.10. The van der Waals surface area contributed by atoms with Crippen LogP contribution >= 0.6 is 15.9 Å². The first kappa shape index (κ1) is 15.2. The summed E-state index contributed by atoms with van der Waals surface area (Å²) in [6.07, 6.45) is 3.04. The standard InChI is InChI=1S/C15H20BrN3O/c1-3-6-13(17-4-2)10-14-18-15(19-20-14)11-7-5-8-12(16)9-11/h5,7-9,13,17H,3-4,6,10H2,1-2H3. The molecule has 20 heavy (non-hydrogen) atoms. The SMILES string of the molecule is CCCC(Cc1nc(-c2cccc(Br)c2)no1)NCC. The van der Waals surface area contributed by atoms with E-state index in [2.05, 4.69) is 45.2 Å².